The Hall–Kier alpha value is -2.29. The van der Waals surface area contributed by atoms with Gasteiger partial charge < -0.3 is 10.6 Å². The zero-order chi connectivity index (χ0) is 15.1. The highest BCUT2D eigenvalue weighted by molar-refractivity contribution is 5.90. The smallest absolute Gasteiger partial charge is 0.221 e. The van der Waals surface area contributed by atoms with E-state index in [1.54, 1.807) is 0 Å². The van der Waals surface area contributed by atoms with E-state index in [1.807, 2.05) is 31.2 Å². The van der Waals surface area contributed by atoms with Crippen LogP contribution in [0.5, 0.6) is 0 Å². The molecule has 0 spiro atoms. The highest BCUT2D eigenvalue weighted by Crippen LogP contribution is 2.20. The number of nitrogens with one attached hydrogen (secondary N) is 2. The fraction of sp³-hybridized carbons (Fsp3) is 0.278. The Morgan fingerprint density at radius 2 is 1.86 bits per heavy atom. The van der Waals surface area contributed by atoms with Crippen molar-refractivity contribution >= 4 is 17.3 Å². The van der Waals surface area contributed by atoms with Crippen molar-refractivity contribution in [1.82, 2.24) is 0 Å². The quantitative estimate of drug-likeness (QED) is 0.786. The molecule has 0 saturated heterocycles. The predicted molar refractivity (Wildman–Crippen MR) is 88.7 cm³/mol. The first-order chi connectivity index (χ1) is 10.1. The number of carbonyl (C=O) groups is 1. The van der Waals surface area contributed by atoms with E-state index < -0.39 is 0 Å². The topological polar surface area (TPSA) is 41.1 Å². The fourth-order valence-electron chi connectivity index (χ4n) is 2.23. The monoisotopic (exact) mass is 282 g/mol. The third-order valence-corrected chi connectivity index (χ3v) is 3.36. The molecular weight excluding hydrogens is 260 g/mol. The van der Waals surface area contributed by atoms with Gasteiger partial charge in [-0.25, -0.2) is 0 Å². The number of rotatable bonds is 6. The van der Waals surface area contributed by atoms with Crippen LogP contribution in [0.1, 0.15) is 24.5 Å². The summed E-state index contributed by atoms with van der Waals surface area (Å²) in [5.74, 6) is -0.0423. The van der Waals surface area contributed by atoms with Gasteiger partial charge >= 0.3 is 0 Å². The van der Waals surface area contributed by atoms with Crippen LogP contribution in [0.15, 0.2) is 48.5 Å². The molecule has 0 aromatic heterocycles. The standard InChI is InChI=1S/C18H22N2O/c1-14-10-11-17(13-18(14)20-15(2)21)19-12-6-9-16-7-4-3-5-8-16/h3-5,7-8,10-11,13,19H,6,9,12H2,1-2H3,(H,20,21). The van der Waals surface area contributed by atoms with Gasteiger partial charge in [0.1, 0.15) is 0 Å². The summed E-state index contributed by atoms with van der Waals surface area (Å²) in [6, 6.07) is 16.5. The number of amides is 1. The van der Waals surface area contributed by atoms with Crippen molar-refractivity contribution < 1.29 is 4.79 Å². The van der Waals surface area contributed by atoms with Crippen LogP contribution in [-0.2, 0) is 11.2 Å². The molecule has 0 aliphatic carbocycles. The van der Waals surface area contributed by atoms with Gasteiger partial charge in [0.25, 0.3) is 0 Å². The van der Waals surface area contributed by atoms with Crippen LogP contribution in [0.2, 0.25) is 0 Å². The Balaban J connectivity index is 1.84. The van der Waals surface area contributed by atoms with Gasteiger partial charge in [-0.15, -0.1) is 0 Å². The van der Waals surface area contributed by atoms with Gasteiger partial charge in [-0.2, -0.15) is 0 Å². The minimum atomic E-state index is -0.0423. The van der Waals surface area contributed by atoms with Crippen molar-refractivity contribution in [3.8, 4) is 0 Å². The predicted octanol–water partition coefficient (Wildman–Crippen LogP) is 4.00. The molecule has 0 aliphatic rings. The molecule has 3 nitrogen and oxygen atoms in total. The zero-order valence-corrected chi connectivity index (χ0v) is 12.6. The Morgan fingerprint density at radius 1 is 1.10 bits per heavy atom. The van der Waals surface area contributed by atoms with E-state index in [-0.39, 0.29) is 5.91 Å². The molecule has 2 N–H and O–H groups in total. The normalized spacial score (nSPS) is 10.2. The molecule has 0 heterocycles. The largest absolute Gasteiger partial charge is 0.385 e. The zero-order valence-electron chi connectivity index (χ0n) is 12.6. The van der Waals surface area contributed by atoms with E-state index >= 15 is 0 Å². The molecule has 0 fully saturated rings. The van der Waals surface area contributed by atoms with E-state index in [0.29, 0.717) is 0 Å². The third-order valence-electron chi connectivity index (χ3n) is 3.36. The lowest BCUT2D eigenvalue weighted by atomic mass is 10.1. The van der Waals surface area contributed by atoms with Crippen LogP contribution in [0.3, 0.4) is 0 Å². The minimum absolute atomic E-state index is 0.0423. The molecule has 3 heteroatoms. The number of hydrogen-bond donors (Lipinski definition) is 2. The fourth-order valence-corrected chi connectivity index (χ4v) is 2.23. The summed E-state index contributed by atoms with van der Waals surface area (Å²) < 4.78 is 0. The summed E-state index contributed by atoms with van der Waals surface area (Å²) in [7, 11) is 0. The minimum Gasteiger partial charge on any atom is -0.385 e. The van der Waals surface area contributed by atoms with Gasteiger partial charge in [0.05, 0.1) is 0 Å². The second kappa shape index (κ2) is 7.48. The van der Waals surface area contributed by atoms with Crippen LogP contribution in [0.25, 0.3) is 0 Å². The third kappa shape index (κ3) is 4.95. The van der Waals surface area contributed by atoms with E-state index in [1.165, 1.54) is 12.5 Å². The molecule has 2 rings (SSSR count). The van der Waals surface area contributed by atoms with Crippen molar-refractivity contribution in [2.45, 2.75) is 26.7 Å². The summed E-state index contributed by atoms with van der Waals surface area (Å²) in [6.45, 7) is 4.43. The SMILES string of the molecule is CC(=O)Nc1cc(NCCCc2ccccc2)ccc1C. The molecule has 0 unspecified atom stereocenters. The average molecular weight is 282 g/mol. The lowest BCUT2D eigenvalue weighted by Crippen LogP contribution is -2.08. The molecular formula is C18H22N2O. The van der Waals surface area contributed by atoms with E-state index in [9.17, 15) is 4.79 Å². The highest BCUT2D eigenvalue weighted by Gasteiger charge is 2.02. The van der Waals surface area contributed by atoms with E-state index in [0.717, 1.165) is 36.3 Å². The van der Waals surface area contributed by atoms with Crippen LogP contribution in [-0.4, -0.2) is 12.5 Å². The summed E-state index contributed by atoms with van der Waals surface area (Å²) in [6.07, 6.45) is 2.14. The van der Waals surface area contributed by atoms with Gasteiger partial charge in [-0.05, 0) is 43.0 Å². The molecule has 2 aromatic carbocycles. The van der Waals surface area contributed by atoms with Gasteiger partial charge in [-0.3, -0.25) is 4.79 Å². The molecule has 0 bridgehead atoms. The molecule has 0 radical (unpaired) electrons. The van der Waals surface area contributed by atoms with Gasteiger partial charge in [0, 0.05) is 24.8 Å². The first-order valence-corrected chi connectivity index (χ1v) is 7.31. The second-order valence-corrected chi connectivity index (χ2v) is 5.23. The Morgan fingerprint density at radius 3 is 2.57 bits per heavy atom. The Labute approximate surface area is 126 Å². The Kier molecular flexibility index (Phi) is 5.38. The number of hydrogen-bond acceptors (Lipinski definition) is 2. The molecule has 110 valence electrons. The maximum absolute atomic E-state index is 11.2. The maximum atomic E-state index is 11.2. The first kappa shape index (κ1) is 15.1. The highest BCUT2D eigenvalue weighted by atomic mass is 16.1. The summed E-state index contributed by atoms with van der Waals surface area (Å²) in [5.41, 5.74) is 4.34. The van der Waals surface area contributed by atoms with Crippen molar-refractivity contribution in [3.63, 3.8) is 0 Å². The summed E-state index contributed by atoms with van der Waals surface area (Å²) in [5, 5.41) is 6.26. The second-order valence-electron chi connectivity index (χ2n) is 5.23. The van der Waals surface area contributed by atoms with Crippen LogP contribution < -0.4 is 10.6 Å². The molecule has 2 aromatic rings. The lowest BCUT2D eigenvalue weighted by Gasteiger charge is -2.11. The average Bonchev–Trinajstić information content (AvgIpc) is 2.47. The molecule has 0 aliphatic heterocycles. The first-order valence-electron chi connectivity index (χ1n) is 7.31. The summed E-state index contributed by atoms with van der Waals surface area (Å²) in [4.78, 5) is 11.2. The van der Waals surface area contributed by atoms with Crippen LogP contribution >= 0.6 is 0 Å². The van der Waals surface area contributed by atoms with E-state index in [2.05, 4.69) is 34.9 Å². The van der Waals surface area contributed by atoms with E-state index in [4.69, 9.17) is 0 Å². The lowest BCUT2D eigenvalue weighted by molar-refractivity contribution is -0.114. The van der Waals surface area contributed by atoms with Gasteiger partial charge in [0.15, 0.2) is 0 Å². The molecule has 21 heavy (non-hydrogen) atoms. The van der Waals surface area contributed by atoms with Crippen LogP contribution in [0, 0.1) is 6.92 Å². The summed E-state index contributed by atoms with van der Waals surface area (Å²) >= 11 is 0. The number of aryl methyl sites for hydroxylation is 2. The number of benzene rings is 2. The van der Waals surface area contributed by atoms with Gasteiger partial charge in [0.2, 0.25) is 5.91 Å². The Bertz CT molecular complexity index is 593. The van der Waals surface area contributed by atoms with Crippen LogP contribution in [0.4, 0.5) is 11.4 Å². The van der Waals surface area contributed by atoms with Crippen molar-refractivity contribution in [3.05, 3.63) is 59.7 Å². The maximum Gasteiger partial charge on any atom is 0.221 e. The molecule has 0 atom stereocenters. The van der Waals surface area contributed by atoms with Crippen molar-refractivity contribution in [2.24, 2.45) is 0 Å². The van der Waals surface area contributed by atoms with Crippen molar-refractivity contribution in [1.29, 1.82) is 0 Å². The van der Waals surface area contributed by atoms with Crippen molar-refractivity contribution in [2.75, 3.05) is 17.2 Å². The molecule has 1 amide bonds. The van der Waals surface area contributed by atoms with Gasteiger partial charge in [-0.1, -0.05) is 36.4 Å². The number of anilines is 2. The molecule has 0 saturated carbocycles. The number of carbonyl (C=O) groups excluding carboxylic acids is 1.